The minimum atomic E-state index is 0.0503. The predicted molar refractivity (Wildman–Crippen MR) is 49.4 cm³/mol. The van der Waals surface area contributed by atoms with Gasteiger partial charge in [0.15, 0.2) is 0 Å². The summed E-state index contributed by atoms with van der Waals surface area (Å²) in [5, 5.41) is 0. The van der Waals surface area contributed by atoms with Gasteiger partial charge in [-0.2, -0.15) is 0 Å². The molecule has 0 saturated heterocycles. The molecule has 2 atom stereocenters. The van der Waals surface area contributed by atoms with Crippen molar-refractivity contribution in [1.29, 1.82) is 0 Å². The van der Waals surface area contributed by atoms with Crippen molar-refractivity contribution in [2.45, 2.75) is 52.0 Å². The fourth-order valence-electron chi connectivity index (χ4n) is 2.11. The number of hydrogen-bond donors (Lipinski definition) is 1. The van der Waals surface area contributed by atoms with Crippen molar-refractivity contribution in [3.8, 4) is 0 Å². The molecular formula is C10H21N. The fraction of sp³-hybridized carbons (Fsp3) is 1.00. The fourth-order valence-corrected chi connectivity index (χ4v) is 2.11. The van der Waals surface area contributed by atoms with Gasteiger partial charge in [-0.05, 0) is 38.5 Å². The standard InChI is InChI=1S/C10H21N/c1-8-5-4-6-9(7-8)10(2,3)11/h8-9H,4-7,11H2,1-3H3. The third kappa shape index (κ3) is 2.48. The zero-order chi connectivity index (χ0) is 8.48. The minimum Gasteiger partial charge on any atom is -0.325 e. The van der Waals surface area contributed by atoms with Crippen LogP contribution in [0.4, 0.5) is 0 Å². The first-order valence-corrected chi connectivity index (χ1v) is 4.79. The summed E-state index contributed by atoms with van der Waals surface area (Å²) in [7, 11) is 0. The Labute approximate surface area is 70.4 Å². The Morgan fingerprint density at radius 1 is 1.27 bits per heavy atom. The lowest BCUT2D eigenvalue weighted by Gasteiger charge is -2.36. The Balaban J connectivity index is 2.46. The van der Waals surface area contributed by atoms with E-state index in [1.54, 1.807) is 0 Å². The largest absolute Gasteiger partial charge is 0.325 e. The van der Waals surface area contributed by atoms with Crippen molar-refractivity contribution < 1.29 is 0 Å². The Kier molecular flexibility index (Phi) is 2.58. The van der Waals surface area contributed by atoms with E-state index < -0.39 is 0 Å². The van der Waals surface area contributed by atoms with Crippen molar-refractivity contribution in [2.24, 2.45) is 17.6 Å². The monoisotopic (exact) mass is 155 g/mol. The first-order valence-electron chi connectivity index (χ1n) is 4.79. The Bertz CT molecular complexity index is 123. The molecule has 0 bridgehead atoms. The summed E-state index contributed by atoms with van der Waals surface area (Å²) in [4.78, 5) is 0. The molecule has 1 aliphatic carbocycles. The zero-order valence-corrected chi connectivity index (χ0v) is 8.06. The molecule has 1 aliphatic rings. The van der Waals surface area contributed by atoms with E-state index in [0.29, 0.717) is 0 Å². The third-order valence-corrected chi connectivity index (χ3v) is 2.99. The van der Waals surface area contributed by atoms with Gasteiger partial charge in [0.2, 0.25) is 0 Å². The van der Waals surface area contributed by atoms with Crippen LogP contribution in [0.5, 0.6) is 0 Å². The zero-order valence-electron chi connectivity index (χ0n) is 8.06. The SMILES string of the molecule is CC1CCCC(C(C)(C)N)C1. The Morgan fingerprint density at radius 2 is 1.91 bits per heavy atom. The molecule has 0 aromatic carbocycles. The summed E-state index contributed by atoms with van der Waals surface area (Å²) in [5.41, 5.74) is 6.12. The lowest BCUT2D eigenvalue weighted by atomic mass is 9.73. The molecule has 0 radical (unpaired) electrons. The highest BCUT2D eigenvalue weighted by molar-refractivity contribution is 4.85. The molecule has 0 amide bonds. The van der Waals surface area contributed by atoms with Crippen molar-refractivity contribution >= 4 is 0 Å². The van der Waals surface area contributed by atoms with Crippen LogP contribution in [0.3, 0.4) is 0 Å². The smallest absolute Gasteiger partial charge is 0.0125 e. The van der Waals surface area contributed by atoms with E-state index in [1.807, 2.05) is 0 Å². The summed E-state index contributed by atoms with van der Waals surface area (Å²) in [6.07, 6.45) is 5.47. The average Bonchev–Trinajstić information content (AvgIpc) is 1.86. The second-order valence-electron chi connectivity index (χ2n) is 4.79. The van der Waals surface area contributed by atoms with E-state index in [-0.39, 0.29) is 5.54 Å². The summed E-state index contributed by atoms with van der Waals surface area (Å²) in [6.45, 7) is 6.67. The molecule has 0 aliphatic heterocycles. The normalized spacial score (nSPS) is 33.8. The summed E-state index contributed by atoms with van der Waals surface area (Å²) in [5.74, 6) is 1.66. The van der Waals surface area contributed by atoms with E-state index in [2.05, 4.69) is 20.8 Å². The maximum Gasteiger partial charge on any atom is 0.0125 e. The van der Waals surface area contributed by atoms with Gasteiger partial charge in [-0.15, -0.1) is 0 Å². The predicted octanol–water partition coefficient (Wildman–Crippen LogP) is 2.55. The van der Waals surface area contributed by atoms with Gasteiger partial charge >= 0.3 is 0 Å². The molecule has 1 rings (SSSR count). The van der Waals surface area contributed by atoms with Crippen molar-refractivity contribution in [3.63, 3.8) is 0 Å². The molecule has 0 aromatic rings. The minimum absolute atomic E-state index is 0.0503. The molecule has 1 nitrogen and oxygen atoms in total. The van der Waals surface area contributed by atoms with E-state index in [1.165, 1.54) is 25.7 Å². The van der Waals surface area contributed by atoms with Crippen LogP contribution in [-0.2, 0) is 0 Å². The lowest BCUT2D eigenvalue weighted by Crippen LogP contribution is -2.42. The molecule has 0 aromatic heterocycles. The summed E-state index contributed by atoms with van der Waals surface area (Å²) >= 11 is 0. The van der Waals surface area contributed by atoms with Gasteiger partial charge in [-0.3, -0.25) is 0 Å². The van der Waals surface area contributed by atoms with Gasteiger partial charge in [0.25, 0.3) is 0 Å². The van der Waals surface area contributed by atoms with Crippen LogP contribution in [0.15, 0.2) is 0 Å². The van der Waals surface area contributed by atoms with Crippen LogP contribution in [0.25, 0.3) is 0 Å². The number of hydrogen-bond acceptors (Lipinski definition) is 1. The van der Waals surface area contributed by atoms with Crippen LogP contribution in [-0.4, -0.2) is 5.54 Å². The molecule has 11 heavy (non-hydrogen) atoms. The molecule has 1 heteroatoms. The van der Waals surface area contributed by atoms with Crippen molar-refractivity contribution in [1.82, 2.24) is 0 Å². The first kappa shape index (κ1) is 9.05. The number of rotatable bonds is 1. The lowest BCUT2D eigenvalue weighted by molar-refractivity contribution is 0.197. The van der Waals surface area contributed by atoms with Gasteiger partial charge < -0.3 is 5.73 Å². The maximum atomic E-state index is 6.07. The molecular weight excluding hydrogens is 134 g/mol. The Morgan fingerprint density at radius 3 is 2.27 bits per heavy atom. The van der Waals surface area contributed by atoms with Crippen LogP contribution < -0.4 is 5.73 Å². The van der Waals surface area contributed by atoms with Crippen LogP contribution in [0.1, 0.15) is 46.5 Å². The van der Waals surface area contributed by atoms with Gasteiger partial charge in [-0.1, -0.05) is 19.8 Å². The van der Waals surface area contributed by atoms with Crippen molar-refractivity contribution in [2.75, 3.05) is 0 Å². The average molecular weight is 155 g/mol. The van der Waals surface area contributed by atoms with E-state index in [9.17, 15) is 0 Å². The van der Waals surface area contributed by atoms with Gasteiger partial charge in [-0.25, -0.2) is 0 Å². The molecule has 0 heterocycles. The second kappa shape index (κ2) is 3.14. The summed E-state index contributed by atoms with van der Waals surface area (Å²) < 4.78 is 0. The molecule has 66 valence electrons. The van der Waals surface area contributed by atoms with E-state index in [4.69, 9.17) is 5.73 Å². The molecule has 0 spiro atoms. The molecule has 2 unspecified atom stereocenters. The second-order valence-corrected chi connectivity index (χ2v) is 4.79. The highest BCUT2D eigenvalue weighted by Gasteiger charge is 2.28. The highest BCUT2D eigenvalue weighted by atomic mass is 14.7. The van der Waals surface area contributed by atoms with Gasteiger partial charge in [0.1, 0.15) is 0 Å². The van der Waals surface area contributed by atoms with E-state index >= 15 is 0 Å². The van der Waals surface area contributed by atoms with Crippen LogP contribution in [0.2, 0.25) is 0 Å². The third-order valence-electron chi connectivity index (χ3n) is 2.99. The summed E-state index contributed by atoms with van der Waals surface area (Å²) in [6, 6.07) is 0. The first-order chi connectivity index (χ1) is 5.00. The molecule has 2 N–H and O–H groups in total. The topological polar surface area (TPSA) is 26.0 Å². The van der Waals surface area contributed by atoms with Crippen LogP contribution >= 0.6 is 0 Å². The highest BCUT2D eigenvalue weighted by Crippen LogP contribution is 2.34. The Hall–Kier alpha value is -0.0400. The molecule has 1 fully saturated rings. The number of nitrogens with two attached hydrogens (primary N) is 1. The maximum absolute atomic E-state index is 6.07. The van der Waals surface area contributed by atoms with Crippen molar-refractivity contribution in [3.05, 3.63) is 0 Å². The molecule has 1 saturated carbocycles. The van der Waals surface area contributed by atoms with Gasteiger partial charge in [0, 0.05) is 5.54 Å². The van der Waals surface area contributed by atoms with Gasteiger partial charge in [0.05, 0.1) is 0 Å². The van der Waals surface area contributed by atoms with Crippen LogP contribution in [0, 0.1) is 11.8 Å². The van der Waals surface area contributed by atoms with E-state index in [0.717, 1.165) is 11.8 Å². The quantitative estimate of drug-likeness (QED) is 0.618.